The van der Waals surface area contributed by atoms with E-state index < -0.39 is 0 Å². The first-order valence-corrected chi connectivity index (χ1v) is 6.71. The van der Waals surface area contributed by atoms with Gasteiger partial charge in [0, 0.05) is 44.4 Å². The Balaban J connectivity index is 1.65. The van der Waals surface area contributed by atoms with Crippen LogP contribution in [-0.4, -0.2) is 43.6 Å². The van der Waals surface area contributed by atoms with Gasteiger partial charge in [0.2, 0.25) is 5.91 Å². The number of hydrogen-bond donors (Lipinski definition) is 2. The molecule has 1 aliphatic rings. The number of anilines is 1. The molecule has 5 heteroatoms. The Morgan fingerprint density at radius 2 is 2.26 bits per heavy atom. The van der Waals surface area contributed by atoms with Gasteiger partial charge in [0.1, 0.15) is 5.75 Å². The van der Waals surface area contributed by atoms with Gasteiger partial charge in [-0.2, -0.15) is 0 Å². The van der Waals surface area contributed by atoms with Gasteiger partial charge in [-0.3, -0.25) is 4.79 Å². The summed E-state index contributed by atoms with van der Waals surface area (Å²) in [7, 11) is 0. The van der Waals surface area contributed by atoms with E-state index in [4.69, 9.17) is 10.5 Å². The molecular weight excluding hydrogens is 242 g/mol. The third kappa shape index (κ3) is 4.79. The van der Waals surface area contributed by atoms with Crippen molar-refractivity contribution in [2.45, 2.75) is 12.8 Å². The summed E-state index contributed by atoms with van der Waals surface area (Å²) in [5.74, 6) is 0.964. The summed E-state index contributed by atoms with van der Waals surface area (Å²) in [6.45, 7) is 4.13. The van der Waals surface area contributed by atoms with Gasteiger partial charge in [0.15, 0.2) is 0 Å². The SMILES string of the molecule is Nc1cccc(OCCCN2CCNC(=O)CC2)c1. The number of nitrogen functional groups attached to an aromatic ring is 1. The number of nitrogens with zero attached hydrogens (tertiary/aromatic N) is 1. The summed E-state index contributed by atoms with van der Waals surface area (Å²) in [6.07, 6.45) is 1.54. The average Bonchev–Trinajstić information content (AvgIpc) is 2.60. The Morgan fingerprint density at radius 1 is 1.37 bits per heavy atom. The summed E-state index contributed by atoms with van der Waals surface area (Å²) in [6, 6.07) is 7.46. The highest BCUT2D eigenvalue weighted by molar-refractivity contribution is 5.76. The minimum absolute atomic E-state index is 0.151. The van der Waals surface area contributed by atoms with Crippen LogP contribution < -0.4 is 15.8 Å². The molecule has 1 fully saturated rings. The number of carbonyl (C=O) groups excluding carboxylic acids is 1. The lowest BCUT2D eigenvalue weighted by molar-refractivity contribution is -0.120. The van der Waals surface area contributed by atoms with E-state index in [0.717, 1.165) is 44.0 Å². The predicted molar refractivity (Wildman–Crippen MR) is 75.0 cm³/mol. The Bertz CT molecular complexity index is 423. The second-order valence-corrected chi connectivity index (χ2v) is 4.72. The number of ether oxygens (including phenoxy) is 1. The summed E-state index contributed by atoms with van der Waals surface area (Å²) >= 11 is 0. The van der Waals surface area contributed by atoms with Gasteiger partial charge in [-0.1, -0.05) is 6.07 Å². The quantitative estimate of drug-likeness (QED) is 0.611. The molecule has 3 N–H and O–H groups in total. The van der Waals surface area contributed by atoms with Gasteiger partial charge in [0.05, 0.1) is 6.61 Å². The lowest BCUT2D eigenvalue weighted by Gasteiger charge is -2.18. The van der Waals surface area contributed by atoms with E-state index in [1.54, 1.807) is 0 Å². The lowest BCUT2D eigenvalue weighted by atomic mass is 10.3. The van der Waals surface area contributed by atoms with Crippen molar-refractivity contribution in [3.8, 4) is 5.75 Å². The zero-order valence-corrected chi connectivity index (χ0v) is 11.1. The molecule has 0 aliphatic carbocycles. The maximum Gasteiger partial charge on any atom is 0.221 e. The van der Waals surface area contributed by atoms with Crippen LogP contribution in [0.15, 0.2) is 24.3 Å². The molecule has 104 valence electrons. The van der Waals surface area contributed by atoms with Crippen molar-refractivity contribution in [2.75, 3.05) is 38.5 Å². The monoisotopic (exact) mass is 263 g/mol. The molecule has 1 aliphatic heterocycles. The minimum Gasteiger partial charge on any atom is -0.493 e. The first-order chi connectivity index (χ1) is 9.24. The molecule has 0 spiro atoms. The van der Waals surface area contributed by atoms with Crippen molar-refractivity contribution >= 4 is 11.6 Å². The first-order valence-electron chi connectivity index (χ1n) is 6.71. The van der Waals surface area contributed by atoms with E-state index in [0.29, 0.717) is 13.0 Å². The number of rotatable bonds is 5. The second kappa shape index (κ2) is 6.99. The molecule has 1 aromatic carbocycles. The molecule has 2 rings (SSSR count). The Hall–Kier alpha value is -1.75. The van der Waals surface area contributed by atoms with E-state index in [2.05, 4.69) is 10.2 Å². The van der Waals surface area contributed by atoms with Crippen molar-refractivity contribution in [1.82, 2.24) is 10.2 Å². The maximum atomic E-state index is 11.2. The van der Waals surface area contributed by atoms with Crippen LogP contribution in [-0.2, 0) is 4.79 Å². The number of benzene rings is 1. The highest BCUT2D eigenvalue weighted by Crippen LogP contribution is 2.14. The van der Waals surface area contributed by atoms with E-state index in [1.807, 2.05) is 24.3 Å². The summed E-state index contributed by atoms with van der Waals surface area (Å²) in [5.41, 5.74) is 6.40. The van der Waals surface area contributed by atoms with Gasteiger partial charge in [0.25, 0.3) is 0 Å². The third-order valence-electron chi connectivity index (χ3n) is 3.15. The number of nitrogens with two attached hydrogens (primary N) is 1. The van der Waals surface area contributed by atoms with Crippen molar-refractivity contribution < 1.29 is 9.53 Å². The highest BCUT2D eigenvalue weighted by Gasteiger charge is 2.12. The average molecular weight is 263 g/mol. The summed E-state index contributed by atoms with van der Waals surface area (Å²) in [5, 5.41) is 2.87. The van der Waals surface area contributed by atoms with E-state index in [-0.39, 0.29) is 5.91 Å². The van der Waals surface area contributed by atoms with E-state index in [1.165, 1.54) is 0 Å². The number of carbonyl (C=O) groups is 1. The summed E-state index contributed by atoms with van der Waals surface area (Å²) in [4.78, 5) is 13.5. The van der Waals surface area contributed by atoms with Gasteiger partial charge < -0.3 is 20.7 Å². The van der Waals surface area contributed by atoms with E-state index in [9.17, 15) is 4.79 Å². The number of amides is 1. The molecular formula is C14H21N3O2. The van der Waals surface area contributed by atoms with Gasteiger partial charge >= 0.3 is 0 Å². The van der Waals surface area contributed by atoms with Crippen LogP contribution in [0.4, 0.5) is 5.69 Å². The fourth-order valence-corrected chi connectivity index (χ4v) is 2.12. The summed E-state index contributed by atoms with van der Waals surface area (Å²) < 4.78 is 5.64. The lowest BCUT2D eigenvalue weighted by Crippen LogP contribution is -2.30. The van der Waals surface area contributed by atoms with Crippen LogP contribution >= 0.6 is 0 Å². The van der Waals surface area contributed by atoms with Crippen LogP contribution in [0.5, 0.6) is 5.75 Å². The maximum absolute atomic E-state index is 11.2. The molecule has 5 nitrogen and oxygen atoms in total. The van der Waals surface area contributed by atoms with Crippen molar-refractivity contribution in [2.24, 2.45) is 0 Å². The Morgan fingerprint density at radius 3 is 3.11 bits per heavy atom. The zero-order chi connectivity index (χ0) is 13.5. The largest absolute Gasteiger partial charge is 0.493 e. The molecule has 0 radical (unpaired) electrons. The smallest absolute Gasteiger partial charge is 0.221 e. The fraction of sp³-hybridized carbons (Fsp3) is 0.500. The molecule has 1 heterocycles. The van der Waals surface area contributed by atoms with Gasteiger partial charge in [-0.05, 0) is 18.6 Å². The Kier molecular flexibility index (Phi) is 5.03. The number of nitrogens with one attached hydrogen (secondary N) is 1. The molecule has 19 heavy (non-hydrogen) atoms. The fourth-order valence-electron chi connectivity index (χ4n) is 2.12. The normalized spacial score (nSPS) is 16.7. The van der Waals surface area contributed by atoms with Crippen LogP contribution in [0.3, 0.4) is 0 Å². The van der Waals surface area contributed by atoms with Crippen molar-refractivity contribution in [3.63, 3.8) is 0 Å². The second-order valence-electron chi connectivity index (χ2n) is 4.72. The highest BCUT2D eigenvalue weighted by atomic mass is 16.5. The molecule has 1 aromatic rings. The standard InChI is InChI=1S/C14H21N3O2/c15-12-3-1-4-13(11-12)19-10-2-7-17-8-5-14(18)16-6-9-17/h1,3-4,11H,2,5-10,15H2,(H,16,18). The van der Waals surface area contributed by atoms with Crippen molar-refractivity contribution in [3.05, 3.63) is 24.3 Å². The van der Waals surface area contributed by atoms with E-state index >= 15 is 0 Å². The van der Waals surface area contributed by atoms with Crippen LogP contribution in [0.1, 0.15) is 12.8 Å². The zero-order valence-electron chi connectivity index (χ0n) is 11.1. The third-order valence-corrected chi connectivity index (χ3v) is 3.15. The van der Waals surface area contributed by atoms with Gasteiger partial charge in [-0.15, -0.1) is 0 Å². The molecule has 0 saturated carbocycles. The molecule has 0 aromatic heterocycles. The van der Waals surface area contributed by atoms with Crippen LogP contribution in [0.25, 0.3) is 0 Å². The first kappa shape index (κ1) is 13.7. The number of hydrogen-bond acceptors (Lipinski definition) is 4. The molecule has 0 bridgehead atoms. The van der Waals surface area contributed by atoms with Gasteiger partial charge in [-0.25, -0.2) is 0 Å². The molecule has 0 unspecified atom stereocenters. The van der Waals surface area contributed by atoms with Crippen LogP contribution in [0, 0.1) is 0 Å². The van der Waals surface area contributed by atoms with Crippen molar-refractivity contribution in [1.29, 1.82) is 0 Å². The predicted octanol–water partition coefficient (Wildman–Crippen LogP) is 0.860. The Labute approximate surface area is 113 Å². The topological polar surface area (TPSA) is 67.6 Å². The molecule has 0 atom stereocenters. The molecule has 1 saturated heterocycles. The minimum atomic E-state index is 0.151. The molecule has 1 amide bonds. The van der Waals surface area contributed by atoms with Crippen LogP contribution in [0.2, 0.25) is 0 Å².